The van der Waals surface area contributed by atoms with E-state index in [0.29, 0.717) is 13.0 Å². The van der Waals surface area contributed by atoms with E-state index in [1.54, 1.807) is 11.3 Å². The van der Waals surface area contributed by atoms with E-state index in [1.807, 2.05) is 30.3 Å². The van der Waals surface area contributed by atoms with Crippen LogP contribution in [0.4, 0.5) is 0 Å². The van der Waals surface area contributed by atoms with Gasteiger partial charge in [-0.05, 0) is 24.8 Å². The Morgan fingerprint density at radius 2 is 2.11 bits per heavy atom. The third kappa shape index (κ3) is 3.01. The zero-order valence-electron chi connectivity index (χ0n) is 10.7. The maximum atomic E-state index is 11.9. The Morgan fingerprint density at radius 3 is 2.89 bits per heavy atom. The van der Waals surface area contributed by atoms with Gasteiger partial charge in [0.2, 0.25) is 5.91 Å². The molecule has 0 unspecified atom stereocenters. The molecule has 0 saturated heterocycles. The molecule has 0 fully saturated rings. The van der Waals surface area contributed by atoms with Gasteiger partial charge in [-0.25, -0.2) is 4.98 Å². The van der Waals surface area contributed by atoms with Crippen molar-refractivity contribution in [3.8, 4) is 0 Å². The Kier molecular flexibility index (Phi) is 3.60. The van der Waals surface area contributed by atoms with Gasteiger partial charge in [-0.15, -0.1) is 11.3 Å². The molecule has 0 bridgehead atoms. The number of hydrogen-bond acceptors (Lipinski definition) is 3. The highest BCUT2D eigenvalue weighted by molar-refractivity contribution is 7.11. The SMILES string of the molecule is O=C(Cc1nc2c(s1)CCC2)NCc1ccccc1. The number of carbonyl (C=O) groups is 1. The van der Waals surface area contributed by atoms with Gasteiger partial charge in [0.15, 0.2) is 0 Å². The first-order chi connectivity index (χ1) is 9.31. The number of amides is 1. The number of aromatic nitrogens is 1. The van der Waals surface area contributed by atoms with Crippen LogP contribution in [0.1, 0.15) is 27.6 Å². The molecule has 2 aromatic rings. The molecule has 0 spiro atoms. The summed E-state index contributed by atoms with van der Waals surface area (Å²) in [5.41, 5.74) is 2.34. The maximum Gasteiger partial charge on any atom is 0.227 e. The van der Waals surface area contributed by atoms with Crippen molar-refractivity contribution in [3.63, 3.8) is 0 Å². The number of nitrogens with zero attached hydrogens (tertiary/aromatic N) is 1. The predicted octanol–water partition coefficient (Wildman–Crippen LogP) is 2.49. The van der Waals surface area contributed by atoms with Crippen LogP contribution in [0.2, 0.25) is 0 Å². The van der Waals surface area contributed by atoms with E-state index in [0.717, 1.165) is 23.4 Å². The highest BCUT2D eigenvalue weighted by Crippen LogP contribution is 2.27. The van der Waals surface area contributed by atoms with Crippen molar-refractivity contribution in [3.05, 3.63) is 51.5 Å². The zero-order valence-corrected chi connectivity index (χ0v) is 11.5. The van der Waals surface area contributed by atoms with Crippen molar-refractivity contribution in [1.82, 2.24) is 10.3 Å². The van der Waals surface area contributed by atoms with Gasteiger partial charge in [-0.2, -0.15) is 0 Å². The third-order valence-corrected chi connectivity index (χ3v) is 4.44. The molecule has 0 atom stereocenters. The van der Waals surface area contributed by atoms with Crippen LogP contribution in [-0.2, 0) is 30.6 Å². The first-order valence-electron chi connectivity index (χ1n) is 6.59. The quantitative estimate of drug-likeness (QED) is 0.929. The number of nitrogens with one attached hydrogen (secondary N) is 1. The second-order valence-corrected chi connectivity index (χ2v) is 5.94. The molecule has 1 aromatic heterocycles. The van der Waals surface area contributed by atoms with Gasteiger partial charge < -0.3 is 5.32 Å². The second-order valence-electron chi connectivity index (χ2n) is 4.77. The Balaban J connectivity index is 1.53. The Bertz CT molecular complexity index is 556. The van der Waals surface area contributed by atoms with Gasteiger partial charge in [-0.3, -0.25) is 4.79 Å². The summed E-state index contributed by atoms with van der Waals surface area (Å²) < 4.78 is 0. The van der Waals surface area contributed by atoms with Crippen LogP contribution in [0.5, 0.6) is 0 Å². The van der Waals surface area contributed by atoms with Crippen LogP contribution in [-0.4, -0.2) is 10.9 Å². The summed E-state index contributed by atoms with van der Waals surface area (Å²) in [5, 5.41) is 3.89. The number of aryl methyl sites for hydroxylation is 2. The van der Waals surface area contributed by atoms with Crippen LogP contribution < -0.4 is 5.32 Å². The average molecular weight is 272 g/mol. The van der Waals surface area contributed by atoms with E-state index in [-0.39, 0.29) is 5.91 Å². The van der Waals surface area contributed by atoms with Crippen molar-refractivity contribution in [2.24, 2.45) is 0 Å². The van der Waals surface area contributed by atoms with Gasteiger partial charge in [0, 0.05) is 11.4 Å². The lowest BCUT2D eigenvalue weighted by atomic mass is 10.2. The standard InChI is InChI=1S/C15H16N2OS/c18-14(16-10-11-5-2-1-3-6-11)9-15-17-12-7-4-8-13(12)19-15/h1-3,5-6H,4,7-10H2,(H,16,18). The molecule has 3 rings (SSSR count). The number of benzene rings is 1. The third-order valence-electron chi connectivity index (χ3n) is 3.28. The lowest BCUT2D eigenvalue weighted by Gasteiger charge is -2.03. The highest BCUT2D eigenvalue weighted by atomic mass is 32.1. The Labute approximate surface area is 116 Å². The van der Waals surface area contributed by atoms with Gasteiger partial charge >= 0.3 is 0 Å². The molecule has 1 aliphatic carbocycles. The lowest BCUT2D eigenvalue weighted by Crippen LogP contribution is -2.24. The molecule has 1 heterocycles. The number of carbonyl (C=O) groups excluding carboxylic acids is 1. The van der Waals surface area contributed by atoms with Crippen LogP contribution in [0.25, 0.3) is 0 Å². The van der Waals surface area contributed by atoms with Crippen molar-refractivity contribution in [1.29, 1.82) is 0 Å². The molecule has 1 amide bonds. The van der Waals surface area contributed by atoms with Crippen molar-refractivity contribution >= 4 is 17.2 Å². The minimum Gasteiger partial charge on any atom is -0.352 e. The minimum atomic E-state index is 0.0521. The van der Waals surface area contributed by atoms with Crippen LogP contribution in [0.3, 0.4) is 0 Å². The summed E-state index contributed by atoms with van der Waals surface area (Å²) in [6.45, 7) is 0.588. The van der Waals surface area contributed by atoms with E-state index in [2.05, 4.69) is 10.3 Å². The molecular formula is C15H16N2OS. The van der Waals surface area contributed by atoms with E-state index in [1.165, 1.54) is 17.0 Å². The Hall–Kier alpha value is -1.68. The summed E-state index contributed by atoms with van der Waals surface area (Å²) in [4.78, 5) is 17.8. The second kappa shape index (κ2) is 5.53. The number of hydrogen-bond donors (Lipinski definition) is 1. The molecule has 0 saturated carbocycles. The van der Waals surface area contributed by atoms with Crippen LogP contribution >= 0.6 is 11.3 Å². The monoisotopic (exact) mass is 272 g/mol. The lowest BCUT2D eigenvalue weighted by molar-refractivity contribution is -0.120. The van der Waals surface area contributed by atoms with E-state index >= 15 is 0 Å². The van der Waals surface area contributed by atoms with E-state index in [4.69, 9.17) is 0 Å². The molecule has 19 heavy (non-hydrogen) atoms. The molecule has 98 valence electrons. The number of thiazole rings is 1. The fraction of sp³-hybridized carbons (Fsp3) is 0.333. The average Bonchev–Trinajstić information content (AvgIpc) is 2.98. The Morgan fingerprint density at radius 1 is 1.26 bits per heavy atom. The number of rotatable bonds is 4. The molecule has 1 aromatic carbocycles. The van der Waals surface area contributed by atoms with Crippen molar-refractivity contribution in [2.45, 2.75) is 32.2 Å². The van der Waals surface area contributed by atoms with Gasteiger partial charge in [0.1, 0.15) is 5.01 Å². The highest BCUT2D eigenvalue weighted by Gasteiger charge is 2.17. The van der Waals surface area contributed by atoms with Gasteiger partial charge in [-0.1, -0.05) is 30.3 Å². The van der Waals surface area contributed by atoms with Crippen molar-refractivity contribution < 1.29 is 4.79 Å². The van der Waals surface area contributed by atoms with E-state index in [9.17, 15) is 4.79 Å². The predicted molar refractivity (Wildman–Crippen MR) is 76.1 cm³/mol. The molecule has 1 aliphatic rings. The maximum absolute atomic E-state index is 11.9. The summed E-state index contributed by atoms with van der Waals surface area (Å²) in [6, 6.07) is 9.96. The summed E-state index contributed by atoms with van der Waals surface area (Å²) in [6.07, 6.45) is 3.84. The van der Waals surface area contributed by atoms with Crippen LogP contribution in [0, 0.1) is 0 Å². The zero-order chi connectivity index (χ0) is 13.1. The summed E-state index contributed by atoms with van der Waals surface area (Å²) in [5.74, 6) is 0.0521. The van der Waals surface area contributed by atoms with E-state index < -0.39 is 0 Å². The van der Waals surface area contributed by atoms with Crippen molar-refractivity contribution in [2.75, 3.05) is 0 Å². The fourth-order valence-corrected chi connectivity index (χ4v) is 3.47. The molecule has 0 aliphatic heterocycles. The molecular weight excluding hydrogens is 256 g/mol. The normalized spacial score (nSPS) is 13.3. The minimum absolute atomic E-state index is 0.0521. The van der Waals surface area contributed by atoms with Crippen LogP contribution in [0.15, 0.2) is 30.3 Å². The first kappa shape index (κ1) is 12.4. The topological polar surface area (TPSA) is 42.0 Å². The molecule has 1 N–H and O–H groups in total. The summed E-state index contributed by atoms with van der Waals surface area (Å²) >= 11 is 1.70. The van der Waals surface area contributed by atoms with Gasteiger partial charge in [0.25, 0.3) is 0 Å². The number of fused-ring (bicyclic) bond motifs is 1. The fourth-order valence-electron chi connectivity index (χ4n) is 2.32. The largest absolute Gasteiger partial charge is 0.352 e. The molecule has 4 heteroatoms. The molecule has 0 radical (unpaired) electrons. The van der Waals surface area contributed by atoms with Gasteiger partial charge in [0.05, 0.1) is 12.1 Å². The smallest absolute Gasteiger partial charge is 0.227 e. The molecule has 3 nitrogen and oxygen atoms in total. The first-order valence-corrected chi connectivity index (χ1v) is 7.41. The summed E-state index contributed by atoms with van der Waals surface area (Å²) in [7, 11) is 0.